The molecule has 0 bridgehead atoms. The first-order valence-electron chi connectivity index (χ1n) is 7.21. The number of hydrogen-bond acceptors (Lipinski definition) is 5. The van der Waals surface area contributed by atoms with Crippen LogP contribution in [0.1, 0.15) is 24.5 Å². The van der Waals surface area contributed by atoms with Gasteiger partial charge in [0, 0.05) is 18.7 Å². The van der Waals surface area contributed by atoms with E-state index in [1.807, 2.05) is 6.92 Å². The molecule has 0 saturated carbocycles. The monoisotopic (exact) mass is 327 g/mol. The first-order chi connectivity index (χ1) is 10.2. The molecule has 1 aliphatic heterocycles. The van der Waals surface area contributed by atoms with Crippen LogP contribution < -0.4 is 10.0 Å². The minimum absolute atomic E-state index is 0.182. The third-order valence-corrected chi connectivity index (χ3v) is 5.71. The number of nitrogens with zero attached hydrogens (tertiary/aromatic N) is 1. The van der Waals surface area contributed by atoms with Crippen molar-refractivity contribution in [2.24, 2.45) is 5.92 Å². The molecule has 2 atom stereocenters. The lowest BCUT2D eigenvalue weighted by Gasteiger charge is -2.29. The summed E-state index contributed by atoms with van der Waals surface area (Å²) in [5, 5.41) is 14.3. The van der Waals surface area contributed by atoms with Crippen LogP contribution in [0.5, 0.6) is 0 Å². The molecule has 22 heavy (non-hydrogen) atoms. The van der Waals surface area contributed by atoms with E-state index in [4.69, 9.17) is 0 Å². The van der Waals surface area contributed by atoms with Gasteiger partial charge in [-0.15, -0.1) is 0 Å². The van der Waals surface area contributed by atoms with Crippen molar-refractivity contribution in [3.05, 3.63) is 33.4 Å². The van der Waals surface area contributed by atoms with E-state index >= 15 is 0 Å². The van der Waals surface area contributed by atoms with Crippen LogP contribution in [0, 0.1) is 29.9 Å². The second-order valence-electron chi connectivity index (χ2n) is 5.86. The van der Waals surface area contributed by atoms with Gasteiger partial charge in [0.05, 0.1) is 4.92 Å². The molecule has 0 aliphatic carbocycles. The van der Waals surface area contributed by atoms with E-state index in [-0.39, 0.29) is 22.5 Å². The molecule has 122 valence electrons. The van der Waals surface area contributed by atoms with E-state index in [2.05, 4.69) is 10.0 Å². The van der Waals surface area contributed by atoms with E-state index in [9.17, 15) is 18.5 Å². The van der Waals surface area contributed by atoms with Crippen LogP contribution in [0.2, 0.25) is 0 Å². The molecule has 1 saturated heterocycles. The summed E-state index contributed by atoms with van der Waals surface area (Å²) in [4.78, 5) is 10.3. The molecule has 1 heterocycles. The number of piperidine rings is 1. The van der Waals surface area contributed by atoms with Crippen molar-refractivity contribution < 1.29 is 13.3 Å². The lowest BCUT2D eigenvalue weighted by molar-refractivity contribution is -0.387. The highest BCUT2D eigenvalue weighted by Gasteiger charge is 2.31. The van der Waals surface area contributed by atoms with Crippen LogP contribution in [0.4, 0.5) is 5.69 Å². The van der Waals surface area contributed by atoms with Crippen LogP contribution >= 0.6 is 0 Å². The Balaban J connectivity index is 2.40. The summed E-state index contributed by atoms with van der Waals surface area (Å²) in [5.74, 6) is 0.182. The smallest absolute Gasteiger partial charge is 0.289 e. The van der Waals surface area contributed by atoms with Gasteiger partial charge in [-0.25, -0.2) is 13.1 Å². The predicted molar refractivity (Wildman–Crippen MR) is 83.3 cm³/mol. The number of nitrogens with one attached hydrogen (secondary N) is 2. The van der Waals surface area contributed by atoms with Gasteiger partial charge in [-0.3, -0.25) is 10.1 Å². The molecule has 1 aromatic carbocycles. The molecular formula is C14H21N3O4S. The Morgan fingerprint density at radius 3 is 2.55 bits per heavy atom. The summed E-state index contributed by atoms with van der Waals surface area (Å²) in [5.41, 5.74) is 1.02. The zero-order valence-corrected chi connectivity index (χ0v) is 13.7. The lowest BCUT2D eigenvalue weighted by atomic mass is 9.96. The van der Waals surface area contributed by atoms with E-state index < -0.39 is 14.9 Å². The third-order valence-electron chi connectivity index (χ3n) is 4.20. The quantitative estimate of drug-likeness (QED) is 0.644. The van der Waals surface area contributed by atoms with Crippen molar-refractivity contribution >= 4 is 15.7 Å². The van der Waals surface area contributed by atoms with Gasteiger partial charge in [0.2, 0.25) is 10.0 Å². The number of nitro groups is 1. The predicted octanol–water partition coefficient (Wildman–Crippen LogP) is 1.49. The average Bonchev–Trinajstić information content (AvgIpc) is 2.43. The molecular weight excluding hydrogens is 306 g/mol. The van der Waals surface area contributed by atoms with E-state index in [0.717, 1.165) is 13.0 Å². The molecule has 0 aromatic heterocycles. The van der Waals surface area contributed by atoms with Gasteiger partial charge in [-0.05, 0) is 49.9 Å². The van der Waals surface area contributed by atoms with Gasteiger partial charge >= 0.3 is 0 Å². The fraction of sp³-hybridized carbons (Fsp3) is 0.571. The summed E-state index contributed by atoms with van der Waals surface area (Å²) in [6.45, 7) is 6.81. The maximum atomic E-state index is 12.6. The van der Waals surface area contributed by atoms with Gasteiger partial charge in [0.25, 0.3) is 5.69 Å². The van der Waals surface area contributed by atoms with Crippen LogP contribution in [-0.2, 0) is 10.0 Å². The second-order valence-corrected chi connectivity index (χ2v) is 7.54. The summed E-state index contributed by atoms with van der Waals surface area (Å²) in [6, 6.07) is 2.42. The number of sulfonamides is 1. The topological polar surface area (TPSA) is 101 Å². The fourth-order valence-corrected chi connectivity index (χ4v) is 4.12. The summed E-state index contributed by atoms with van der Waals surface area (Å²) >= 11 is 0. The molecule has 1 aromatic rings. The molecule has 2 N–H and O–H groups in total. The molecule has 8 heteroatoms. The van der Waals surface area contributed by atoms with Crippen molar-refractivity contribution in [1.29, 1.82) is 0 Å². The number of aryl methyl sites for hydroxylation is 2. The van der Waals surface area contributed by atoms with Gasteiger partial charge < -0.3 is 5.32 Å². The van der Waals surface area contributed by atoms with Crippen molar-refractivity contribution in [3.63, 3.8) is 0 Å². The first-order valence-corrected chi connectivity index (χ1v) is 8.69. The Bertz CT molecular complexity index is 688. The SMILES string of the molecule is Cc1cc([N+](=O)[O-])c(S(=O)(=O)NC2CNCCC2C)cc1C. The summed E-state index contributed by atoms with van der Waals surface area (Å²) < 4.78 is 27.8. The van der Waals surface area contributed by atoms with Crippen LogP contribution in [-0.4, -0.2) is 32.5 Å². The fourth-order valence-electron chi connectivity index (χ4n) is 2.54. The number of rotatable bonds is 4. The molecule has 0 spiro atoms. The van der Waals surface area contributed by atoms with Crippen LogP contribution in [0.3, 0.4) is 0 Å². The highest BCUT2D eigenvalue weighted by Crippen LogP contribution is 2.28. The lowest BCUT2D eigenvalue weighted by Crippen LogP contribution is -2.50. The maximum absolute atomic E-state index is 12.6. The molecule has 2 rings (SSSR count). The Labute approximate surface area is 130 Å². The second kappa shape index (κ2) is 6.31. The molecule has 7 nitrogen and oxygen atoms in total. The Morgan fingerprint density at radius 2 is 1.95 bits per heavy atom. The van der Waals surface area contributed by atoms with Crippen LogP contribution in [0.25, 0.3) is 0 Å². The molecule has 0 radical (unpaired) electrons. The van der Waals surface area contributed by atoms with Crippen molar-refractivity contribution in [3.8, 4) is 0 Å². The molecule has 2 unspecified atom stereocenters. The normalized spacial score (nSPS) is 22.5. The standard InChI is InChI=1S/C14H21N3O4S/c1-9-4-5-15-8-12(9)16-22(20,21)14-7-11(3)10(2)6-13(14)17(18)19/h6-7,9,12,15-16H,4-5,8H2,1-3H3. The zero-order valence-electron chi connectivity index (χ0n) is 12.9. The van der Waals surface area contributed by atoms with E-state index in [1.165, 1.54) is 12.1 Å². The summed E-state index contributed by atoms with van der Waals surface area (Å²) in [6.07, 6.45) is 0.863. The Hall–Kier alpha value is -1.51. The van der Waals surface area contributed by atoms with Crippen LogP contribution in [0.15, 0.2) is 17.0 Å². The zero-order chi connectivity index (χ0) is 16.5. The van der Waals surface area contributed by atoms with E-state index in [1.54, 1.807) is 13.8 Å². The van der Waals surface area contributed by atoms with Gasteiger partial charge in [0.1, 0.15) is 0 Å². The largest absolute Gasteiger partial charge is 0.315 e. The van der Waals surface area contributed by atoms with E-state index in [0.29, 0.717) is 17.7 Å². The van der Waals surface area contributed by atoms with Gasteiger partial charge in [-0.2, -0.15) is 0 Å². The number of hydrogen-bond donors (Lipinski definition) is 2. The molecule has 1 fully saturated rings. The Morgan fingerprint density at radius 1 is 1.32 bits per heavy atom. The minimum atomic E-state index is -3.94. The Kier molecular flexibility index (Phi) is 4.84. The molecule has 0 amide bonds. The van der Waals surface area contributed by atoms with Gasteiger partial charge in [-0.1, -0.05) is 6.92 Å². The van der Waals surface area contributed by atoms with Crippen molar-refractivity contribution in [2.45, 2.75) is 38.1 Å². The number of nitro benzene ring substituents is 1. The van der Waals surface area contributed by atoms with Gasteiger partial charge in [0.15, 0.2) is 4.90 Å². The highest BCUT2D eigenvalue weighted by atomic mass is 32.2. The minimum Gasteiger partial charge on any atom is -0.315 e. The van der Waals surface area contributed by atoms with Crippen molar-refractivity contribution in [1.82, 2.24) is 10.0 Å². The third kappa shape index (κ3) is 3.45. The maximum Gasteiger partial charge on any atom is 0.289 e. The first kappa shape index (κ1) is 16.9. The summed E-state index contributed by atoms with van der Waals surface area (Å²) in [7, 11) is -3.94. The number of benzene rings is 1. The van der Waals surface area contributed by atoms with Crippen molar-refractivity contribution in [2.75, 3.05) is 13.1 Å². The highest BCUT2D eigenvalue weighted by molar-refractivity contribution is 7.89. The average molecular weight is 327 g/mol. The molecule has 1 aliphatic rings.